The van der Waals surface area contributed by atoms with Gasteiger partial charge < -0.3 is 5.32 Å². The number of anilines is 1. The van der Waals surface area contributed by atoms with Crippen molar-refractivity contribution in [1.82, 2.24) is 9.78 Å². The molecule has 0 unspecified atom stereocenters. The van der Waals surface area contributed by atoms with E-state index in [0.29, 0.717) is 16.6 Å². The smallest absolute Gasteiger partial charge is 0.291 e. The predicted molar refractivity (Wildman–Crippen MR) is 82.3 cm³/mol. The first-order valence-corrected chi connectivity index (χ1v) is 8.48. The second-order valence-corrected chi connectivity index (χ2v) is 6.32. The fourth-order valence-electron chi connectivity index (χ4n) is 1.89. The highest BCUT2D eigenvalue weighted by Crippen LogP contribution is 2.30. The van der Waals surface area contributed by atoms with Gasteiger partial charge in [-0.1, -0.05) is 11.6 Å². The van der Waals surface area contributed by atoms with Crippen molar-refractivity contribution in [3.63, 3.8) is 0 Å². The summed E-state index contributed by atoms with van der Waals surface area (Å²) in [7, 11) is 0. The van der Waals surface area contributed by atoms with Crippen LogP contribution in [0.1, 0.15) is 25.7 Å². The average Bonchev–Trinajstić information content (AvgIpc) is 3.20. The molecule has 1 aromatic rings. The van der Waals surface area contributed by atoms with Crippen LogP contribution < -0.4 is 10.9 Å². The van der Waals surface area contributed by atoms with Gasteiger partial charge in [0.15, 0.2) is 0 Å². The van der Waals surface area contributed by atoms with Crippen LogP contribution in [0.3, 0.4) is 0 Å². The highest BCUT2D eigenvalue weighted by atomic mass is 35.5. The molecule has 19 heavy (non-hydrogen) atoms. The molecule has 1 fully saturated rings. The predicted octanol–water partition coefficient (Wildman–Crippen LogP) is 2.86. The Labute approximate surface area is 122 Å². The third-order valence-corrected chi connectivity index (χ3v) is 4.19. The molecule has 1 aliphatic rings. The number of rotatable bonds is 8. The lowest BCUT2D eigenvalue weighted by molar-refractivity contribution is 0.534. The van der Waals surface area contributed by atoms with Gasteiger partial charge in [-0.3, -0.25) is 4.79 Å². The van der Waals surface area contributed by atoms with Crippen molar-refractivity contribution in [2.24, 2.45) is 5.92 Å². The van der Waals surface area contributed by atoms with E-state index in [4.69, 9.17) is 11.6 Å². The van der Waals surface area contributed by atoms with Crippen LogP contribution in [-0.2, 0) is 6.54 Å². The van der Waals surface area contributed by atoms with E-state index in [0.717, 1.165) is 31.7 Å². The number of halogens is 1. The Morgan fingerprint density at radius 2 is 2.32 bits per heavy atom. The maximum absolute atomic E-state index is 12.2. The van der Waals surface area contributed by atoms with E-state index in [9.17, 15) is 4.79 Å². The molecule has 0 atom stereocenters. The lowest BCUT2D eigenvalue weighted by Crippen LogP contribution is -2.27. The van der Waals surface area contributed by atoms with Crippen molar-refractivity contribution in [3.05, 3.63) is 21.6 Å². The third-order valence-electron chi connectivity index (χ3n) is 3.20. The maximum Gasteiger partial charge on any atom is 0.291 e. The summed E-state index contributed by atoms with van der Waals surface area (Å²) in [6.45, 7) is 1.50. The molecule has 1 heterocycles. The molecule has 1 N–H and O–H groups in total. The molecule has 0 aromatic carbocycles. The first-order valence-electron chi connectivity index (χ1n) is 6.71. The Bertz CT molecular complexity index is 473. The summed E-state index contributed by atoms with van der Waals surface area (Å²) >= 11 is 7.89. The third kappa shape index (κ3) is 4.42. The number of hydrogen-bond acceptors (Lipinski definition) is 4. The molecule has 106 valence electrons. The van der Waals surface area contributed by atoms with Crippen molar-refractivity contribution in [2.75, 3.05) is 23.9 Å². The van der Waals surface area contributed by atoms with Crippen LogP contribution in [0, 0.1) is 5.92 Å². The molecule has 0 radical (unpaired) electrons. The van der Waals surface area contributed by atoms with Gasteiger partial charge in [-0.25, -0.2) is 4.68 Å². The van der Waals surface area contributed by atoms with Crippen molar-refractivity contribution in [2.45, 2.75) is 32.2 Å². The van der Waals surface area contributed by atoms with E-state index in [1.807, 2.05) is 11.8 Å². The molecule has 0 bridgehead atoms. The molecule has 1 aromatic heterocycles. The molecule has 1 saturated carbocycles. The topological polar surface area (TPSA) is 46.9 Å². The van der Waals surface area contributed by atoms with Crippen LogP contribution in [0.15, 0.2) is 11.0 Å². The summed E-state index contributed by atoms with van der Waals surface area (Å²) in [5.74, 6) is 1.78. The molecule has 2 rings (SSSR count). The Kier molecular flexibility index (Phi) is 5.58. The number of nitrogens with one attached hydrogen (secondary N) is 1. The largest absolute Gasteiger partial charge is 0.379 e. The second kappa shape index (κ2) is 7.20. The standard InChI is InChI=1S/C13H20ClN3OS/c1-19-7-3-2-6-15-12-11(14)8-16-17(13(12)18)9-10-4-5-10/h8,10,15H,2-7,9H2,1H3. The zero-order valence-electron chi connectivity index (χ0n) is 11.2. The summed E-state index contributed by atoms with van der Waals surface area (Å²) in [4.78, 5) is 12.2. The highest BCUT2D eigenvalue weighted by Gasteiger charge is 2.23. The molecular formula is C13H20ClN3OS. The Morgan fingerprint density at radius 3 is 3.00 bits per heavy atom. The monoisotopic (exact) mass is 301 g/mol. The maximum atomic E-state index is 12.2. The van der Waals surface area contributed by atoms with Crippen molar-refractivity contribution in [3.8, 4) is 0 Å². The minimum Gasteiger partial charge on any atom is -0.379 e. The van der Waals surface area contributed by atoms with Gasteiger partial charge in [0.25, 0.3) is 5.56 Å². The molecule has 6 heteroatoms. The summed E-state index contributed by atoms with van der Waals surface area (Å²) < 4.78 is 1.54. The SMILES string of the molecule is CSCCCCNc1c(Cl)cnn(CC2CC2)c1=O. The summed E-state index contributed by atoms with van der Waals surface area (Å²) in [6.07, 6.45) is 8.26. The molecule has 0 spiro atoms. The van der Waals surface area contributed by atoms with Crippen molar-refractivity contribution >= 4 is 29.1 Å². The molecule has 0 amide bonds. The van der Waals surface area contributed by atoms with Crippen LogP contribution in [0.25, 0.3) is 0 Å². The Hall–Kier alpha value is -0.680. The average molecular weight is 302 g/mol. The van der Waals surface area contributed by atoms with Crippen LogP contribution in [0.5, 0.6) is 0 Å². The molecule has 1 aliphatic carbocycles. The molecular weight excluding hydrogens is 282 g/mol. The second-order valence-electron chi connectivity index (χ2n) is 4.92. The van der Waals surface area contributed by atoms with E-state index >= 15 is 0 Å². The van der Waals surface area contributed by atoms with Crippen LogP contribution in [0.4, 0.5) is 5.69 Å². The minimum atomic E-state index is -0.0933. The zero-order chi connectivity index (χ0) is 13.7. The zero-order valence-corrected chi connectivity index (χ0v) is 12.8. The lowest BCUT2D eigenvalue weighted by atomic mass is 10.3. The van der Waals surface area contributed by atoms with Gasteiger partial charge in [-0.2, -0.15) is 16.9 Å². The van der Waals surface area contributed by atoms with Crippen LogP contribution in [-0.4, -0.2) is 28.3 Å². The van der Waals surface area contributed by atoms with E-state index < -0.39 is 0 Å². The van der Waals surface area contributed by atoms with Crippen LogP contribution in [0.2, 0.25) is 5.02 Å². The first-order chi connectivity index (χ1) is 9.22. The van der Waals surface area contributed by atoms with E-state index in [2.05, 4.69) is 16.7 Å². The van der Waals surface area contributed by atoms with Gasteiger partial charge in [-0.15, -0.1) is 0 Å². The Morgan fingerprint density at radius 1 is 1.53 bits per heavy atom. The van der Waals surface area contributed by atoms with E-state index in [-0.39, 0.29) is 5.56 Å². The quantitative estimate of drug-likeness (QED) is 0.750. The highest BCUT2D eigenvalue weighted by molar-refractivity contribution is 7.98. The van der Waals surface area contributed by atoms with Gasteiger partial charge in [0.1, 0.15) is 5.69 Å². The van der Waals surface area contributed by atoms with Gasteiger partial charge in [0.2, 0.25) is 0 Å². The van der Waals surface area contributed by atoms with Gasteiger partial charge >= 0.3 is 0 Å². The summed E-state index contributed by atoms with van der Waals surface area (Å²) in [5.41, 5.74) is 0.408. The van der Waals surface area contributed by atoms with Gasteiger partial charge in [-0.05, 0) is 43.6 Å². The van der Waals surface area contributed by atoms with Gasteiger partial charge in [0, 0.05) is 13.1 Å². The number of unbranched alkanes of at least 4 members (excludes halogenated alkanes) is 1. The number of hydrogen-bond donors (Lipinski definition) is 1. The lowest BCUT2D eigenvalue weighted by Gasteiger charge is -2.10. The molecule has 0 aliphatic heterocycles. The normalized spacial score (nSPS) is 14.6. The van der Waals surface area contributed by atoms with Crippen LogP contribution >= 0.6 is 23.4 Å². The van der Waals surface area contributed by atoms with E-state index in [1.54, 1.807) is 6.20 Å². The summed E-state index contributed by atoms with van der Waals surface area (Å²) in [6, 6.07) is 0. The fraction of sp³-hybridized carbons (Fsp3) is 0.692. The number of thioether (sulfide) groups is 1. The van der Waals surface area contributed by atoms with Crippen molar-refractivity contribution < 1.29 is 0 Å². The van der Waals surface area contributed by atoms with Crippen molar-refractivity contribution in [1.29, 1.82) is 0 Å². The van der Waals surface area contributed by atoms with Gasteiger partial charge in [0.05, 0.1) is 11.2 Å². The Balaban J connectivity index is 1.95. The number of aromatic nitrogens is 2. The first kappa shape index (κ1) is 14.7. The molecule has 0 saturated heterocycles. The summed E-state index contributed by atoms with van der Waals surface area (Å²) in [5, 5.41) is 7.68. The number of nitrogens with zero attached hydrogens (tertiary/aromatic N) is 2. The minimum absolute atomic E-state index is 0.0933. The fourth-order valence-corrected chi connectivity index (χ4v) is 2.57. The molecule has 4 nitrogen and oxygen atoms in total. The van der Waals surface area contributed by atoms with E-state index in [1.165, 1.54) is 17.5 Å².